The first-order valence-corrected chi connectivity index (χ1v) is 3.41. The number of hydrogen-bond acceptors (Lipinski definition) is 2. The summed E-state index contributed by atoms with van der Waals surface area (Å²) in [7, 11) is 0. The quantitative estimate of drug-likeness (QED) is 0.571. The smallest absolute Gasteiger partial charge is 0.0233 e. The van der Waals surface area contributed by atoms with Crippen LogP contribution < -0.4 is 10.6 Å². The molecule has 2 atom stereocenters. The number of hydrogen-bond donors (Lipinski definition) is 2. The van der Waals surface area contributed by atoms with Gasteiger partial charge in [-0.15, -0.1) is 24.8 Å². The largest absolute Gasteiger partial charge is 0.315 e. The molecular weight excluding hydrogens is 171 g/mol. The third-order valence-electron chi connectivity index (χ3n) is 2.26. The standard InChI is InChI=1S/C6H12N2.2ClH/c1-2-8-6-4-7-3-5(1)6;;/h5-8H,1-4H2;2*1H/t5-,6+;;/m0../s1. The number of halogens is 2. The maximum absolute atomic E-state index is 3.46. The highest BCUT2D eigenvalue weighted by Gasteiger charge is 2.30. The average molecular weight is 185 g/mol. The molecule has 0 bridgehead atoms. The Hall–Kier alpha value is 0.500. The molecule has 0 radical (unpaired) electrons. The van der Waals surface area contributed by atoms with Crippen LogP contribution in [-0.4, -0.2) is 25.7 Å². The molecule has 0 unspecified atom stereocenters. The Balaban J connectivity index is 0.000000405. The second kappa shape index (κ2) is 4.39. The molecule has 10 heavy (non-hydrogen) atoms. The van der Waals surface area contributed by atoms with E-state index in [0.717, 1.165) is 12.0 Å². The molecule has 0 aromatic rings. The maximum Gasteiger partial charge on any atom is 0.0233 e. The van der Waals surface area contributed by atoms with Crippen LogP contribution in [-0.2, 0) is 0 Å². The van der Waals surface area contributed by atoms with Gasteiger partial charge >= 0.3 is 0 Å². The van der Waals surface area contributed by atoms with Gasteiger partial charge in [0.1, 0.15) is 0 Å². The van der Waals surface area contributed by atoms with Crippen molar-refractivity contribution in [3.8, 4) is 0 Å². The van der Waals surface area contributed by atoms with Crippen molar-refractivity contribution in [1.82, 2.24) is 10.6 Å². The van der Waals surface area contributed by atoms with Gasteiger partial charge in [0.15, 0.2) is 0 Å². The van der Waals surface area contributed by atoms with E-state index in [1.54, 1.807) is 0 Å². The van der Waals surface area contributed by atoms with Crippen molar-refractivity contribution in [2.45, 2.75) is 12.5 Å². The highest BCUT2D eigenvalue weighted by molar-refractivity contribution is 5.85. The van der Waals surface area contributed by atoms with E-state index in [4.69, 9.17) is 0 Å². The first kappa shape index (κ1) is 10.5. The van der Waals surface area contributed by atoms with Gasteiger partial charge in [-0.1, -0.05) is 0 Å². The van der Waals surface area contributed by atoms with Crippen molar-refractivity contribution in [3.05, 3.63) is 0 Å². The lowest BCUT2D eigenvalue weighted by atomic mass is 10.1. The fourth-order valence-electron chi connectivity index (χ4n) is 1.73. The van der Waals surface area contributed by atoms with Crippen molar-refractivity contribution in [2.24, 2.45) is 5.92 Å². The van der Waals surface area contributed by atoms with Gasteiger partial charge in [-0.25, -0.2) is 0 Å². The molecule has 2 aliphatic rings. The second-order valence-corrected chi connectivity index (χ2v) is 2.77. The van der Waals surface area contributed by atoms with Crippen LogP contribution in [0.15, 0.2) is 0 Å². The molecular formula is C6H14Cl2N2. The van der Waals surface area contributed by atoms with Crippen LogP contribution in [0.4, 0.5) is 0 Å². The SMILES string of the molecule is C1C[C@H]2CNC[C@H]2N1.Cl.Cl. The van der Waals surface area contributed by atoms with Crippen molar-refractivity contribution < 1.29 is 0 Å². The average Bonchev–Trinajstić information content (AvgIpc) is 2.15. The van der Waals surface area contributed by atoms with Gasteiger partial charge in [-0.3, -0.25) is 0 Å². The summed E-state index contributed by atoms with van der Waals surface area (Å²) in [5, 5.41) is 6.82. The predicted molar refractivity (Wildman–Crippen MR) is 47.3 cm³/mol. The normalized spacial score (nSPS) is 36.0. The predicted octanol–water partition coefficient (Wildman–Crippen LogP) is 0.411. The first-order valence-electron chi connectivity index (χ1n) is 3.41. The summed E-state index contributed by atoms with van der Waals surface area (Å²) in [4.78, 5) is 0. The third-order valence-corrected chi connectivity index (χ3v) is 2.26. The molecule has 62 valence electrons. The van der Waals surface area contributed by atoms with Crippen LogP contribution in [0.2, 0.25) is 0 Å². The van der Waals surface area contributed by atoms with E-state index < -0.39 is 0 Å². The van der Waals surface area contributed by atoms with Crippen molar-refractivity contribution >= 4 is 24.8 Å². The molecule has 2 nitrogen and oxygen atoms in total. The van der Waals surface area contributed by atoms with E-state index in [0.29, 0.717) is 0 Å². The maximum atomic E-state index is 3.46. The van der Waals surface area contributed by atoms with E-state index in [1.165, 1.54) is 26.1 Å². The zero-order valence-electron chi connectivity index (χ0n) is 5.80. The Morgan fingerprint density at radius 1 is 1.10 bits per heavy atom. The molecule has 2 N–H and O–H groups in total. The summed E-state index contributed by atoms with van der Waals surface area (Å²) in [6, 6.07) is 0.815. The Labute approximate surface area is 74.0 Å². The molecule has 0 spiro atoms. The van der Waals surface area contributed by atoms with Gasteiger partial charge in [-0.05, 0) is 25.4 Å². The molecule has 0 aliphatic carbocycles. The Morgan fingerprint density at radius 2 is 1.90 bits per heavy atom. The lowest BCUT2D eigenvalue weighted by Crippen LogP contribution is -2.27. The minimum atomic E-state index is 0. The van der Waals surface area contributed by atoms with E-state index in [2.05, 4.69) is 10.6 Å². The van der Waals surface area contributed by atoms with E-state index >= 15 is 0 Å². The van der Waals surface area contributed by atoms with Crippen molar-refractivity contribution in [1.29, 1.82) is 0 Å². The zero-order chi connectivity index (χ0) is 5.40. The lowest BCUT2D eigenvalue weighted by molar-refractivity contribution is 0.555. The second-order valence-electron chi connectivity index (χ2n) is 2.77. The molecule has 2 rings (SSSR count). The lowest BCUT2D eigenvalue weighted by Gasteiger charge is -2.03. The van der Waals surface area contributed by atoms with Crippen LogP contribution in [0, 0.1) is 5.92 Å². The Morgan fingerprint density at radius 3 is 2.60 bits per heavy atom. The summed E-state index contributed by atoms with van der Waals surface area (Å²) >= 11 is 0. The summed E-state index contributed by atoms with van der Waals surface area (Å²) < 4.78 is 0. The van der Waals surface area contributed by atoms with Crippen LogP contribution in [0.1, 0.15) is 6.42 Å². The van der Waals surface area contributed by atoms with Gasteiger partial charge in [-0.2, -0.15) is 0 Å². The Bertz CT molecular complexity index is 79.7. The fourth-order valence-corrected chi connectivity index (χ4v) is 1.73. The number of nitrogens with one attached hydrogen (secondary N) is 2. The molecule has 2 fully saturated rings. The number of fused-ring (bicyclic) bond motifs is 1. The van der Waals surface area contributed by atoms with Gasteiger partial charge < -0.3 is 10.6 Å². The zero-order valence-corrected chi connectivity index (χ0v) is 7.43. The molecule has 2 heterocycles. The summed E-state index contributed by atoms with van der Waals surface area (Å²) in [5.74, 6) is 0.954. The molecule has 2 aliphatic heterocycles. The molecule has 2 saturated heterocycles. The van der Waals surface area contributed by atoms with Crippen LogP contribution >= 0.6 is 24.8 Å². The summed E-state index contributed by atoms with van der Waals surface area (Å²) in [6.45, 7) is 3.69. The Kier molecular flexibility index (Phi) is 4.61. The summed E-state index contributed by atoms with van der Waals surface area (Å²) in [5.41, 5.74) is 0. The van der Waals surface area contributed by atoms with Gasteiger partial charge in [0.05, 0.1) is 0 Å². The minimum Gasteiger partial charge on any atom is -0.315 e. The highest BCUT2D eigenvalue weighted by atomic mass is 35.5. The van der Waals surface area contributed by atoms with E-state index in [9.17, 15) is 0 Å². The molecule has 0 aromatic carbocycles. The van der Waals surface area contributed by atoms with Crippen LogP contribution in [0.3, 0.4) is 0 Å². The van der Waals surface area contributed by atoms with Crippen molar-refractivity contribution in [2.75, 3.05) is 19.6 Å². The van der Waals surface area contributed by atoms with E-state index in [1.807, 2.05) is 0 Å². The molecule has 0 amide bonds. The topological polar surface area (TPSA) is 24.1 Å². The van der Waals surface area contributed by atoms with Gasteiger partial charge in [0, 0.05) is 12.6 Å². The molecule has 0 aromatic heterocycles. The molecule has 4 heteroatoms. The van der Waals surface area contributed by atoms with E-state index in [-0.39, 0.29) is 24.8 Å². The minimum absolute atomic E-state index is 0. The van der Waals surface area contributed by atoms with Crippen LogP contribution in [0.5, 0.6) is 0 Å². The van der Waals surface area contributed by atoms with Crippen LogP contribution in [0.25, 0.3) is 0 Å². The van der Waals surface area contributed by atoms with Gasteiger partial charge in [0.2, 0.25) is 0 Å². The molecule has 0 saturated carbocycles. The summed E-state index contributed by atoms with van der Waals surface area (Å²) in [6.07, 6.45) is 1.39. The monoisotopic (exact) mass is 184 g/mol. The highest BCUT2D eigenvalue weighted by Crippen LogP contribution is 2.17. The fraction of sp³-hybridized carbons (Fsp3) is 1.00. The first-order chi connectivity index (χ1) is 3.97. The third kappa shape index (κ3) is 1.76. The number of rotatable bonds is 0. The van der Waals surface area contributed by atoms with Gasteiger partial charge in [0.25, 0.3) is 0 Å². The van der Waals surface area contributed by atoms with Crippen molar-refractivity contribution in [3.63, 3.8) is 0 Å².